The van der Waals surface area contributed by atoms with Crippen LogP contribution in [0.2, 0.25) is 0 Å². The Bertz CT molecular complexity index is 421. The maximum absolute atomic E-state index is 11.6. The number of carbonyl (C=O) groups is 1. The predicted molar refractivity (Wildman–Crippen MR) is 58.4 cm³/mol. The van der Waals surface area contributed by atoms with Crippen molar-refractivity contribution in [2.24, 2.45) is 0 Å². The Hall–Kier alpha value is -1.62. The number of H-pyrrole nitrogens is 1. The summed E-state index contributed by atoms with van der Waals surface area (Å²) in [7, 11) is 0. The third-order valence-electron chi connectivity index (χ3n) is 2.55. The van der Waals surface area contributed by atoms with E-state index in [2.05, 4.69) is 10.3 Å². The van der Waals surface area contributed by atoms with E-state index in [0.29, 0.717) is 12.1 Å². The van der Waals surface area contributed by atoms with Crippen molar-refractivity contribution >= 4 is 5.91 Å². The molecule has 1 atom stereocenters. The first kappa shape index (κ1) is 10.9. The van der Waals surface area contributed by atoms with Gasteiger partial charge in [0.25, 0.3) is 5.91 Å². The fraction of sp³-hybridized carbons (Fsp3) is 0.455. The Morgan fingerprint density at radius 3 is 3.19 bits per heavy atom. The van der Waals surface area contributed by atoms with E-state index < -0.39 is 0 Å². The van der Waals surface area contributed by atoms with Crippen molar-refractivity contribution < 1.29 is 9.53 Å². The summed E-state index contributed by atoms with van der Waals surface area (Å²) in [4.78, 5) is 25.1. The summed E-state index contributed by atoms with van der Waals surface area (Å²) in [5.41, 5.74) is 0.103. The fourth-order valence-corrected chi connectivity index (χ4v) is 1.70. The number of hydrogen-bond acceptors (Lipinski definition) is 3. The first-order valence-corrected chi connectivity index (χ1v) is 5.34. The molecule has 0 spiro atoms. The molecule has 0 aromatic carbocycles. The van der Waals surface area contributed by atoms with E-state index in [1.54, 1.807) is 6.07 Å². The zero-order valence-electron chi connectivity index (χ0n) is 8.86. The zero-order valence-corrected chi connectivity index (χ0v) is 8.86. The average molecular weight is 222 g/mol. The zero-order chi connectivity index (χ0) is 11.4. The molecule has 86 valence electrons. The highest BCUT2D eigenvalue weighted by atomic mass is 16.5. The minimum absolute atomic E-state index is 0.117. The van der Waals surface area contributed by atoms with Gasteiger partial charge in [-0.2, -0.15) is 0 Å². The molecular weight excluding hydrogens is 208 g/mol. The summed E-state index contributed by atoms with van der Waals surface area (Å²) in [6.45, 7) is 1.27. The Labute approximate surface area is 92.8 Å². The van der Waals surface area contributed by atoms with E-state index in [4.69, 9.17) is 4.74 Å². The standard InChI is InChI=1S/C11H14N2O3/c14-10-6-8(3-4-12-10)11(15)13-7-9-2-1-5-16-9/h3-4,6,9H,1-2,5,7H2,(H,12,14)(H,13,15). The van der Waals surface area contributed by atoms with Crippen LogP contribution in [0.4, 0.5) is 0 Å². The van der Waals surface area contributed by atoms with Crippen LogP contribution in [0.15, 0.2) is 23.1 Å². The van der Waals surface area contributed by atoms with Gasteiger partial charge in [-0.1, -0.05) is 0 Å². The highest BCUT2D eigenvalue weighted by Gasteiger charge is 2.16. The second kappa shape index (κ2) is 4.94. The minimum Gasteiger partial charge on any atom is -0.376 e. The van der Waals surface area contributed by atoms with E-state index >= 15 is 0 Å². The van der Waals surface area contributed by atoms with Crippen LogP contribution in [0.5, 0.6) is 0 Å². The molecule has 1 unspecified atom stereocenters. The van der Waals surface area contributed by atoms with Gasteiger partial charge in [-0.3, -0.25) is 9.59 Å². The number of ether oxygens (including phenoxy) is 1. The number of pyridine rings is 1. The van der Waals surface area contributed by atoms with E-state index in [-0.39, 0.29) is 17.6 Å². The molecule has 1 aromatic rings. The van der Waals surface area contributed by atoms with Crippen LogP contribution in [0, 0.1) is 0 Å². The van der Waals surface area contributed by atoms with Crippen LogP contribution in [0.1, 0.15) is 23.2 Å². The summed E-state index contributed by atoms with van der Waals surface area (Å²) < 4.78 is 5.38. The topological polar surface area (TPSA) is 71.2 Å². The van der Waals surface area contributed by atoms with Gasteiger partial charge in [0.15, 0.2) is 0 Å². The van der Waals surface area contributed by atoms with E-state index in [1.807, 2.05) is 0 Å². The van der Waals surface area contributed by atoms with E-state index in [1.165, 1.54) is 12.3 Å². The van der Waals surface area contributed by atoms with Crippen LogP contribution in [-0.2, 0) is 4.74 Å². The summed E-state index contributed by atoms with van der Waals surface area (Å²) in [6.07, 6.45) is 3.61. The fourth-order valence-electron chi connectivity index (χ4n) is 1.70. The summed E-state index contributed by atoms with van der Waals surface area (Å²) in [6, 6.07) is 2.86. The van der Waals surface area contributed by atoms with Crippen molar-refractivity contribution in [3.8, 4) is 0 Å². The maximum atomic E-state index is 11.6. The van der Waals surface area contributed by atoms with Crippen LogP contribution >= 0.6 is 0 Å². The lowest BCUT2D eigenvalue weighted by atomic mass is 10.2. The molecule has 2 N–H and O–H groups in total. The quantitative estimate of drug-likeness (QED) is 0.771. The lowest BCUT2D eigenvalue weighted by molar-refractivity contribution is 0.0857. The molecule has 1 aromatic heterocycles. The molecule has 2 heterocycles. The van der Waals surface area contributed by atoms with Gasteiger partial charge in [0.1, 0.15) is 0 Å². The molecule has 5 nitrogen and oxygen atoms in total. The van der Waals surface area contributed by atoms with Crippen LogP contribution < -0.4 is 10.9 Å². The van der Waals surface area contributed by atoms with Gasteiger partial charge in [-0.25, -0.2) is 0 Å². The smallest absolute Gasteiger partial charge is 0.251 e. The minimum atomic E-state index is -0.273. The van der Waals surface area contributed by atoms with Gasteiger partial charge in [0.05, 0.1) is 6.10 Å². The molecule has 0 bridgehead atoms. The molecule has 1 aliphatic heterocycles. The molecule has 1 amide bonds. The molecule has 0 saturated carbocycles. The average Bonchev–Trinajstić information content (AvgIpc) is 2.78. The Kier molecular flexibility index (Phi) is 3.36. The Morgan fingerprint density at radius 1 is 1.62 bits per heavy atom. The lowest BCUT2D eigenvalue weighted by Gasteiger charge is -2.10. The second-order valence-corrected chi connectivity index (χ2v) is 3.79. The molecule has 2 rings (SSSR count). The monoisotopic (exact) mass is 222 g/mol. The largest absolute Gasteiger partial charge is 0.376 e. The Morgan fingerprint density at radius 2 is 2.50 bits per heavy atom. The predicted octanol–water partition coefficient (Wildman–Crippen LogP) is 0.284. The number of carbonyl (C=O) groups excluding carboxylic acids is 1. The first-order valence-electron chi connectivity index (χ1n) is 5.34. The third kappa shape index (κ3) is 2.70. The number of aromatic amines is 1. The third-order valence-corrected chi connectivity index (χ3v) is 2.55. The van der Waals surface area contributed by atoms with Crippen LogP contribution in [0.3, 0.4) is 0 Å². The van der Waals surface area contributed by atoms with Gasteiger partial charge in [-0.05, 0) is 18.9 Å². The lowest BCUT2D eigenvalue weighted by Crippen LogP contribution is -2.32. The SMILES string of the molecule is O=C(NCC1CCCO1)c1cc[nH]c(=O)c1. The molecule has 0 radical (unpaired) electrons. The van der Waals surface area contributed by atoms with Crippen LogP contribution in [0.25, 0.3) is 0 Å². The van der Waals surface area contributed by atoms with Crippen molar-refractivity contribution in [3.63, 3.8) is 0 Å². The molecule has 1 saturated heterocycles. The molecular formula is C11H14N2O3. The molecule has 0 aliphatic carbocycles. The van der Waals surface area contributed by atoms with Gasteiger partial charge in [-0.15, -0.1) is 0 Å². The molecule has 1 fully saturated rings. The normalized spacial score (nSPS) is 19.6. The number of nitrogens with one attached hydrogen (secondary N) is 2. The van der Waals surface area contributed by atoms with Gasteiger partial charge >= 0.3 is 0 Å². The van der Waals surface area contributed by atoms with Crippen molar-refractivity contribution in [2.45, 2.75) is 18.9 Å². The van der Waals surface area contributed by atoms with Crippen molar-refractivity contribution in [2.75, 3.05) is 13.2 Å². The van der Waals surface area contributed by atoms with E-state index in [9.17, 15) is 9.59 Å². The van der Waals surface area contributed by atoms with Crippen molar-refractivity contribution in [1.29, 1.82) is 0 Å². The molecule has 1 aliphatic rings. The van der Waals surface area contributed by atoms with Crippen molar-refractivity contribution in [1.82, 2.24) is 10.3 Å². The molecule has 16 heavy (non-hydrogen) atoms. The number of amides is 1. The van der Waals surface area contributed by atoms with Crippen molar-refractivity contribution in [3.05, 3.63) is 34.2 Å². The van der Waals surface area contributed by atoms with Crippen LogP contribution in [-0.4, -0.2) is 30.1 Å². The first-order chi connectivity index (χ1) is 7.75. The highest BCUT2D eigenvalue weighted by molar-refractivity contribution is 5.93. The number of hydrogen-bond donors (Lipinski definition) is 2. The summed E-state index contributed by atoms with van der Waals surface area (Å²) in [5, 5.41) is 2.75. The molecule has 5 heteroatoms. The van der Waals surface area contributed by atoms with Gasteiger partial charge in [0.2, 0.25) is 5.56 Å². The maximum Gasteiger partial charge on any atom is 0.251 e. The Balaban J connectivity index is 1.90. The number of aromatic nitrogens is 1. The summed E-state index contributed by atoms with van der Waals surface area (Å²) in [5.74, 6) is -0.235. The van der Waals surface area contributed by atoms with Gasteiger partial charge < -0.3 is 15.0 Å². The highest BCUT2D eigenvalue weighted by Crippen LogP contribution is 2.10. The van der Waals surface area contributed by atoms with E-state index in [0.717, 1.165) is 19.4 Å². The summed E-state index contributed by atoms with van der Waals surface area (Å²) >= 11 is 0. The van der Waals surface area contributed by atoms with Gasteiger partial charge in [0, 0.05) is 31.0 Å². The number of rotatable bonds is 3. The second-order valence-electron chi connectivity index (χ2n) is 3.79.